The number of halogens is 2. The summed E-state index contributed by atoms with van der Waals surface area (Å²) in [4.78, 5) is 12.6. The maximum absolute atomic E-state index is 12.7. The minimum absolute atomic E-state index is 0.0388. The van der Waals surface area contributed by atoms with Crippen LogP contribution in [0.5, 0.6) is 5.75 Å². The van der Waals surface area contributed by atoms with Crippen molar-refractivity contribution < 1.29 is 18.4 Å². The van der Waals surface area contributed by atoms with Crippen LogP contribution in [0.25, 0.3) is 0 Å². The lowest BCUT2D eigenvalue weighted by Gasteiger charge is -2.18. The molecule has 144 valence electrons. The third kappa shape index (κ3) is 4.58. The molecule has 1 heterocycles. The van der Waals surface area contributed by atoms with Crippen molar-refractivity contribution in [2.24, 2.45) is 11.7 Å². The molecule has 8 heteroatoms. The smallest absolute Gasteiger partial charge is 0.387 e. The van der Waals surface area contributed by atoms with Crippen molar-refractivity contribution in [3.63, 3.8) is 0 Å². The highest BCUT2D eigenvalue weighted by Crippen LogP contribution is 2.34. The van der Waals surface area contributed by atoms with Crippen LogP contribution in [0.4, 0.5) is 14.5 Å². The van der Waals surface area contributed by atoms with Crippen LogP contribution < -0.4 is 10.5 Å². The average molecular weight is 377 g/mol. The third-order valence-electron chi connectivity index (χ3n) is 4.91. The van der Waals surface area contributed by atoms with Crippen molar-refractivity contribution >= 4 is 5.69 Å². The normalized spacial score (nSPS) is 20.1. The van der Waals surface area contributed by atoms with Gasteiger partial charge >= 0.3 is 6.61 Å². The first-order chi connectivity index (χ1) is 13.0. The molecular formula is C19H21F2N3O3. The molecule has 0 unspecified atom stereocenters. The molecule has 1 aliphatic rings. The van der Waals surface area contributed by atoms with Gasteiger partial charge in [-0.3, -0.25) is 15.0 Å². The summed E-state index contributed by atoms with van der Waals surface area (Å²) < 4.78 is 29.9. The minimum Gasteiger partial charge on any atom is -0.434 e. The Kier molecular flexibility index (Phi) is 5.98. The maximum atomic E-state index is 12.7. The summed E-state index contributed by atoms with van der Waals surface area (Å²) in [7, 11) is 0. The van der Waals surface area contributed by atoms with Crippen molar-refractivity contribution in [3.05, 3.63) is 69.8 Å². The molecule has 0 bridgehead atoms. The van der Waals surface area contributed by atoms with Crippen LogP contribution in [-0.2, 0) is 6.54 Å². The number of alkyl halides is 2. The summed E-state index contributed by atoms with van der Waals surface area (Å²) in [6, 6.07) is 13.7. The van der Waals surface area contributed by atoms with Crippen LogP contribution >= 0.6 is 0 Å². The predicted molar refractivity (Wildman–Crippen MR) is 96.7 cm³/mol. The fourth-order valence-corrected chi connectivity index (χ4v) is 3.66. The van der Waals surface area contributed by atoms with Crippen molar-refractivity contribution in [1.82, 2.24) is 4.90 Å². The summed E-state index contributed by atoms with van der Waals surface area (Å²) in [5, 5.41) is 11.0. The lowest BCUT2D eigenvalue weighted by atomic mass is 9.89. The number of nitrogens with two attached hydrogens (primary N) is 1. The zero-order chi connectivity index (χ0) is 19.4. The molecule has 1 saturated heterocycles. The number of nitrogens with zero attached hydrogens (tertiary/aromatic N) is 2. The lowest BCUT2D eigenvalue weighted by molar-refractivity contribution is -0.385. The van der Waals surface area contributed by atoms with E-state index in [4.69, 9.17) is 5.73 Å². The van der Waals surface area contributed by atoms with Gasteiger partial charge in [-0.25, -0.2) is 0 Å². The Morgan fingerprint density at radius 3 is 2.59 bits per heavy atom. The molecule has 0 aliphatic carbocycles. The van der Waals surface area contributed by atoms with E-state index >= 15 is 0 Å². The number of ether oxygens (including phenoxy) is 1. The standard InChI is InChI=1S/C19H21F2N3O3/c20-19(21)27-18-7-6-16(24(25)26)8-14(18)10-23-11-15(9-22)17(12-23)13-4-2-1-3-5-13/h1-8,15,17,19H,9-12,22H2/t15-,17+/m1/s1. The minimum atomic E-state index is -2.99. The zero-order valence-corrected chi connectivity index (χ0v) is 14.6. The van der Waals surface area contributed by atoms with E-state index in [0.717, 1.165) is 0 Å². The monoisotopic (exact) mass is 377 g/mol. The Morgan fingerprint density at radius 1 is 1.22 bits per heavy atom. The number of rotatable bonds is 7. The van der Waals surface area contributed by atoms with Crippen molar-refractivity contribution in [1.29, 1.82) is 0 Å². The highest BCUT2D eigenvalue weighted by atomic mass is 19.3. The second-order valence-corrected chi connectivity index (χ2v) is 6.63. The fraction of sp³-hybridized carbons (Fsp3) is 0.368. The molecule has 0 radical (unpaired) electrons. The topological polar surface area (TPSA) is 81.6 Å². The van der Waals surface area contributed by atoms with Crippen LogP contribution in [0.15, 0.2) is 48.5 Å². The molecule has 2 aromatic carbocycles. The Hall–Kier alpha value is -2.58. The number of nitro benzene ring substituents is 1. The number of non-ortho nitro benzene ring substituents is 1. The molecule has 1 fully saturated rings. The van der Waals surface area contributed by atoms with Crippen LogP contribution in [0.3, 0.4) is 0 Å². The Morgan fingerprint density at radius 2 is 1.96 bits per heavy atom. The van der Waals surface area contributed by atoms with Crippen molar-refractivity contribution in [3.8, 4) is 5.75 Å². The van der Waals surface area contributed by atoms with Gasteiger partial charge in [-0.2, -0.15) is 8.78 Å². The molecule has 0 saturated carbocycles. The largest absolute Gasteiger partial charge is 0.434 e. The molecule has 6 nitrogen and oxygen atoms in total. The van der Waals surface area contributed by atoms with Gasteiger partial charge in [0.25, 0.3) is 5.69 Å². The first kappa shape index (κ1) is 19.2. The first-order valence-corrected chi connectivity index (χ1v) is 8.67. The number of likely N-dealkylation sites (tertiary alicyclic amines) is 1. The second kappa shape index (κ2) is 8.41. The van der Waals surface area contributed by atoms with E-state index in [2.05, 4.69) is 21.8 Å². The first-order valence-electron chi connectivity index (χ1n) is 8.67. The lowest BCUT2D eigenvalue weighted by Crippen LogP contribution is -2.23. The quantitative estimate of drug-likeness (QED) is 0.591. The Balaban J connectivity index is 1.82. The highest BCUT2D eigenvalue weighted by Gasteiger charge is 2.33. The van der Waals surface area contributed by atoms with Gasteiger partial charge in [0.15, 0.2) is 0 Å². The van der Waals surface area contributed by atoms with Gasteiger partial charge in [-0.1, -0.05) is 30.3 Å². The van der Waals surface area contributed by atoms with E-state index in [1.165, 1.54) is 23.8 Å². The molecule has 0 aromatic heterocycles. The molecule has 1 aliphatic heterocycles. The molecule has 27 heavy (non-hydrogen) atoms. The van der Waals surface area contributed by atoms with Crippen LogP contribution in [0.2, 0.25) is 0 Å². The van der Waals surface area contributed by atoms with Crippen molar-refractivity contribution in [2.45, 2.75) is 19.1 Å². The van der Waals surface area contributed by atoms with Gasteiger partial charge in [-0.05, 0) is 24.1 Å². The van der Waals surface area contributed by atoms with E-state index < -0.39 is 11.5 Å². The SMILES string of the molecule is NC[C@@H]1CN(Cc2cc([N+](=O)[O-])ccc2OC(F)F)C[C@H]1c1ccccc1. The van der Waals surface area contributed by atoms with E-state index in [-0.39, 0.29) is 29.8 Å². The molecular weight excluding hydrogens is 356 g/mol. The molecule has 0 amide bonds. The van der Waals surface area contributed by atoms with E-state index in [1.54, 1.807) is 0 Å². The van der Waals surface area contributed by atoms with Gasteiger partial charge in [0.2, 0.25) is 0 Å². The third-order valence-corrected chi connectivity index (χ3v) is 4.91. The number of benzene rings is 2. The Bertz CT molecular complexity index is 789. The van der Waals surface area contributed by atoms with Gasteiger partial charge < -0.3 is 10.5 Å². The summed E-state index contributed by atoms with van der Waals surface area (Å²) >= 11 is 0. The van der Waals surface area contributed by atoms with Gasteiger partial charge in [0.05, 0.1) is 4.92 Å². The number of nitro groups is 1. The Labute approximate surface area is 155 Å². The highest BCUT2D eigenvalue weighted by molar-refractivity contribution is 5.44. The summed E-state index contributed by atoms with van der Waals surface area (Å²) in [6.07, 6.45) is 0. The van der Waals surface area contributed by atoms with Crippen LogP contribution in [-0.4, -0.2) is 36.1 Å². The van der Waals surface area contributed by atoms with Gasteiger partial charge in [0.1, 0.15) is 5.75 Å². The number of hydrogen-bond donors (Lipinski definition) is 1. The average Bonchev–Trinajstić information content (AvgIpc) is 3.06. The summed E-state index contributed by atoms with van der Waals surface area (Å²) in [6.45, 7) is -0.817. The summed E-state index contributed by atoms with van der Waals surface area (Å²) in [5.41, 5.74) is 7.33. The predicted octanol–water partition coefficient (Wildman–Crippen LogP) is 3.37. The van der Waals surface area contributed by atoms with E-state index in [1.807, 2.05) is 18.2 Å². The molecule has 0 spiro atoms. The molecule has 2 N–H and O–H groups in total. The maximum Gasteiger partial charge on any atom is 0.387 e. The number of hydrogen-bond acceptors (Lipinski definition) is 5. The fourth-order valence-electron chi connectivity index (χ4n) is 3.66. The molecule has 2 aromatic rings. The zero-order valence-electron chi connectivity index (χ0n) is 14.6. The second-order valence-electron chi connectivity index (χ2n) is 6.63. The van der Waals surface area contributed by atoms with Gasteiger partial charge in [-0.15, -0.1) is 0 Å². The van der Waals surface area contributed by atoms with Crippen molar-refractivity contribution in [2.75, 3.05) is 19.6 Å². The molecule has 2 atom stereocenters. The van der Waals surface area contributed by atoms with E-state index in [9.17, 15) is 18.9 Å². The van der Waals surface area contributed by atoms with Crippen LogP contribution in [0, 0.1) is 16.0 Å². The van der Waals surface area contributed by atoms with Gasteiger partial charge in [0, 0.05) is 43.2 Å². The summed E-state index contributed by atoms with van der Waals surface area (Å²) in [5.74, 6) is 0.419. The van der Waals surface area contributed by atoms with Crippen LogP contribution in [0.1, 0.15) is 17.0 Å². The van der Waals surface area contributed by atoms with E-state index in [0.29, 0.717) is 25.2 Å². The molecule has 3 rings (SSSR count).